The number of aromatic nitrogens is 3. The van der Waals surface area contributed by atoms with Crippen LogP contribution in [0.1, 0.15) is 11.3 Å². The third kappa shape index (κ3) is 4.74. The Morgan fingerprint density at radius 2 is 1.59 bits per heavy atom. The Morgan fingerprint density at radius 1 is 0.828 bits per heavy atom. The van der Waals surface area contributed by atoms with Crippen LogP contribution in [0.3, 0.4) is 0 Å². The molecule has 0 fully saturated rings. The predicted octanol–water partition coefficient (Wildman–Crippen LogP) is 5.68. The Kier molecular flexibility index (Phi) is 5.43. The minimum absolute atomic E-state index is 0.698. The van der Waals surface area contributed by atoms with Crippen LogP contribution in [-0.4, -0.2) is 15.0 Å². The van der Waals surface area contributed by atoms with Gasteiger partial charge in [0.2, 0.25) is 0 Å². The first-order chi connectivity index (χ1) is 14.2. The van der Waals surface area contributed by atoms with Crippen molar-refractivity contribution in [3.63, 3.8) is 0 Å². The summed E-state index contributed by atoms with van der Waals surface area (Å²) in [6.07, 6.45) is 6.24. The highest BCUT2D eigenvalue weighted by Crippen LogP contribution is 2.20. The number of allylic oxidation sites excluding steroid dienone is 1. The van der Waals surface area contributed by atoms with Crippen molar-refractivity contribution in [3.05, 3.63) is 109 Å². The minimum atomic E-state index is 0.698. The van der Waals surface area contributed by atoms with E-state index >= 15 is 0 Å². The van der Waals surface area contributed by atoms with E-state index in [1.165, 1.54) is 0 Å². The quantitative estimate of drug-likeness (QED) is 0.469. The van der Waals surface area contributed by atoms with E-state index in [-0.39, 0.29) is 0 Å². The van der Waals surface area contributed by atoms with Crippen molar-refractivity contribution in [1.29, 1.82) is 0 Å². The van der Waals surface area contributed by atoms with Gasteiger partial charge < -0.3 is 5.32 Å². The van der Waals surface area contributed by atoms with Gasteiger partial charge in [-0.25, -0.2) is 0 Å². The maximum absolute atomic E-state index is 4.59. The van der Waals surface area contributed by atoms with Gasteiger partial charge in [0.1, 0.15) is 0 Å². The van der Waals surface area contributed by atoms with Gasteiger partial charge in [0.05, 0.1) is 23.3 Å². The molecule has 3 heterocycles. The summed E-state index contributed by atoms with van der Waals surface area (Å²) in [7, 11) is 0. The van der Waals surface area contributed by atoms with Crippen LogP contribution in [0.25, 0.3) is 22.5 Å². The van der Waals surface area contributed by atoms with Crippen LogP contribution in [0.5, 0.6) is 0 Å². The molecule has 29 heavy (non-hydrogen) atoms. The topological polar surface area (TPSA) is 50.7 Å². The molecule has 3 aromatic heterocycles. The summed E-state index contributed by atoms with van der Waals surface area (Å²) in [5.74, 6) is 0. The fraction of sp³-hybridized carbons (Fsp3) is 0.0800. The van der Waals surface area contributed by atoms with Crippen molar-refractivity contribution in [3.8, 4) is 22.5 Å². The lowest BCUT2D eigenvalue weighted by Gasteiger charge is -2.10. The maximum atomic E-state index is 4.59. The van der Waals surface area contributed by atoms with Gasteiger partial charge in [-0.15, -0.1) is 0 Å². The molecule has 0 saturated heterocycles. The predicted molar refractivity (Wildman–Crippen MR) is 118 cm³/mol. The molecule has 0 amide bonds. The van der Waals surface area contributed by atoms with E-state index < -0.39 is 0 Å². The molecule has 0 unspecified atom stereocenters. The van der Waals surface area contributed by atoms with Gasteiger partial charge in [-0.2, -0.15) is 0 Å². The number of pyridine rings is 3. The second-order valence-corrected chi connectivity index (χ2v) is 6.94. The molecular formula is C25H22N4. The lowest BCUT2D eigenvalue weighted by Crippen LogP contribution is -2.02. The number of anilines is 1. The van der Waals surface area contributed by atoms with Gasteiger partial charge >= 0.3 is 0 Å². The van der Waals surface area contributed by atoms with E-state index in [2.05, 4.69) is 45.0 Å². The molecule has 0 aliphatic heterocycles. The molecular weight excluding hydrogens is 356 g/mol. The number of benzene rings is 1. The molecule has 0 atom stereocenters. The van der Waals surface area contributed by atoms with Gasteiger partial charge in [0.25, 0.3) is 0 Å². The summed E-state index contributed by atoms with van der Waals surface area (Å²) in [6.45, 7) is 6.12. The molecule has 0 spiro atoms. The standard InChI is InChI=1S/C25H22N4/c1-18-15-22(12-13-26-18)25-10-8-20(16-27-25)14-19(2)29-23-9-11-24(28-17-23)21-6-4-3-5-7-21/h3-13,15-17,29H,2,14H2,1H3. The fourth-order valence-corrected chi connectivity index (χ4v) is 3.15. The van der Waals surface area contributed by atoms with Crippen LogP contribution in [-0.2, 0) is 6.42 Å². The largest absolute Gasteiger partial charge is 0.358 e. The highest BCUT2D eigenvalue weighted by atomic mass is 14.9. The van der Waals surface area contributed by atoms with Crippen LogP contribution in [0.4, 0.5) is 5.69 Å². The van der Waals surface area contributed by atoms with E-state index in [1.807, 2.05) is 74.0 Å². The maximum Gasteiger partial charge on any atom is 0.0703 e. The van der Waals surface area contributed by atoms with Crippen molar-refractivity contribution in [2.45, 2.75) is 13.3 Å². The molecule has 4 aromatic rings. The molecule has 0 radical (unpaired) electrons. The summed E-state index contributed by atoms with van der Waals surface area (Å²) in [5, 5.41) is 3.33. The van der Waals surface area contributed by atoms with Gasteiger partial charge in [-0.05, 0) is 42.8 Å². The average Bonchev–Trinajstić information content (AvgIpc) is 2.75. The Hall–Kier alpha value is -3.79. The van der Waals surface area contributed by atoms with Crippen LogP contribution in [0, 0.1) is 6.92 Å². The molecule has 0 bridgehead atoms. The highest BCUT2D eigenvalue weighted by molar-refractivity contribution is 5.62. The van der Waals surface area contributed by atoms with Crippen LogP contribution in [0.2, 0.25) is 0 Å². The Morgan fingerprint density at radius 3 is 2.28 bits per heavy atom. The molecule has 142 valence electrons. The molecule has 1 N–H and O–H groups in total. The highest BCUT2D eigenvalue weighted by Gasteiger charge is 2.04. The SMILES string of the molecule is C=C(Cc1ccc(-c2ccnc(C)c2)nc1)Nc1ccc(-c2ccccc2)nc1. The van der Waals surface area contributed by atoms with Crippen LogP contribution >= 0.6 is 0 Å². The Bertz CT molecular complexity index is 1100. The number of rotatable bonds is 6. The Labute approximate surface area is 171 Å². The second kappa shape index (κ2) is 8.48. The summed E-state index contributed by atoms with van der Waals surface area (Å²) in [4.78, 5) is 13.4. The first kappa shape index (κ1) is 18.6. The summed E-state index contributed by atoms with van der Waals surface area (Å²) >= 11 is 0. The van der Waals surface area contributed by atoms with Crippen molar-refractivity contribution in [2.75, 3.05) is 5.32 Å². The zero-order chi connectivity index (χ0) is 20.1. The molecule has 0 aliphatic rings. The van der Waals surface area contributed by atoms with E-state index in [0.717, 1.165) is 45.2 Å². The monoisotopic (exact) mass is 378 g/mol. The van der Waals surface area contributed by atoms with Crippen molar-refractivity contribution in [1.82, 2.24) is 15.0 Å². The van der Waals surface area contributed by atoms with Crippen LogP contribution in [0.15, 0.2) is 97.6 Å². The van der Waals surface area contributed by atoms with Crippen molar-refractivity contribution < 1.29 is 0 Å². The third-order valence-corrected chi connectivity index (χ3v) is 4.59. The van der Waals surface area contributed by atoms with Crippen molar-refractivity contribution in [2.24, 2.45) is 0 Å². The zero-order valence-electron chi connectivity index (χ0n) is 16.3. The smallest absolute Gasteiger partial charge is 0.0703 e. The third-order valence-electron chi connectivity index (χ3n) is 4.59. The molecule has 1 aromatic carbocycles. The lowest BCUT2D eigenvalue weighted by atomic mass is 10.1. The molecule has 0 saturated carbocycles. The molecule has 4 nitrogen and oxygen atoms in total. The molecule has 4 rings (SSSR count). The number of hydrogen-bond donors (Lipinski definition) is 1. The first-order valence-corrected chi connectivity index (χ1v) is 9.51. The summed E-state index contributed by atoms with van der Waals surface area (Å²) < 4.78 is 0. The van der Waals surface area contributed by atoms with Gasteiger partial charge in [-0.3, -0.25) is 15.0 Å². The number of hydrogen-bond acceptors (Lipinski definition) is 4. The molecule has 0 aliphatic carbocycles. The van der Waals surface area contributed by atoms with Gasteiger partial charge in [0.15, 0.2) is 0 Å². The van der Waals surface area contributed by atoms with E-state index in [0.29, 0.717) is 6.42 Å². The molecule has 4 heteroatoms. The number of nitrogens with one attached hydrogen (secondary N) is 1. The number of nitrogens with zero attached hydrogens (tertiary/aromatic N) is 3. The average molecular weight is 378 g/mol. The lowest BCUT2D eigenvalue weighted by molar-refractivity contribution is 1.12. The van der Waals surface area contributed by atoms with E-state index in [1.54, 1.807) is 0 Å². The van der Waals surface area contributed by atoms with Crippen molar-refractivity contribution >= 4 is 5.69 Å². The minimum Gasteiger partial charge on any atom is -0.358 e. The normalized spacial score (nSPS) is 10.5. The van der Waals surface area contributed by atoms with E-state index in [9.17, 15) is 0 Å². The fourth-order valence-electron chi connectivity index (χ4n) is 3.15. The zero-order valence-corrected chi connectivity index (χ0v) is 16.3. The summed E-state index contributed by atoms with van der Waals surface area (Å²) in [6, 6.07) is 22.3. The second-order valence-electron chi connectivity index (χ2n) is 6.94. The van der Waals surface area contributed by atoms with Crippen LogP contribution < -0.4 is 5.32 Å². The first-order valence-electron chi connectivity index (χ1n) is 9.51. The van der Waals surface area contributed by atoms with E-state index in [4.69, 9.17) is 0 Å². The number of aryl methyl sites for hydroxylation is 1. The Balaban J connectivity index is 1.38. The summed E-state index contributed by atoms with van der Waals surface area (Å²) in [5.41, 5.74) is 7.98. The van der Waals surface area contributed by atoms with Gasteiger partial charge in [0, 0.05) is 41.3 Å². The van der Waals surface area contributed by atoms with Gasteiger partial charge in [-0.1, -0.05) is 43.0 Å².